The predicted molar refractivity (Wildman–Crippen MR) is 156 cm³/mol. The van der Waals surface area contributed by atoms with Gasteiger partial charge in [0.25, 0.3) is 0 Å². The molecule has 4 aromatic rings. The summed E-state index contributed by atoms with van der Waals surface area (Å²) in [6.07, 6.45) is 2.68. The average Bonchev–Trinajstić information content (AvgIpc) is 2.93. The lowest BCUT2D eigenvalue weighted by atomic mass is 10.2. The zero-order valence-corrected chi connectivity index (χ0v) is 23.6. The van der Waals surface area contributed by atoms with Crippen molar-refractivity contribution in [2.75, 3.05) is 23.8 Å². The molecule has 1 heterocycles. The first kappa shape index (κ1) is 28.9. The third kappa shape index (κ3) is 7.12. The molecule has 3 aromatic carbocycles. The van der Waals surface area contributed by atoms with Crippen LogP contribution < -0.4 is 15.4 Å². The largest absolute Gasteiger partial charge is 0.462 e. The Hall–Kier alpha value is -4.05. The van der Waals surface area contributed by atoms with Crippen LogP contribution >= 0.6 is 34.8 Å². The van der Waals surface area contributed by atoms with Crippen LogP contribution in [0, 0.1) is 0 Å². The number of rotatable bonds is 10. The SMILES string of the molecule is CCOC(=O)C(=CNc1ccc2ncnc(Nc3ccc(Oc4ccc(Cl)c(Cl)c4)c(Cl)c3)c2c1)C(=O)OCC. The number of nitrogens with one attached hydrogen (secondary N) is 2. The molecule has 40 heavy (non-hydrogen) atoms. The number of ether oxygens (including phenoxy) is 3. The van der Waals surface area contributed by atoms with E-state index in [0.717, 1.165) is 0 Å². The maximum Gasteiger partial charge on any atom is 0.347 e. The highest BCUT2D eigenvalue weighted by Gasteiger charge is 2.21. The number of fused-ring (bicyclic) bond motifs is 1. The van der Waals surface area contributed by atoms with Crippen LogP contribution in [0.1, 0.15) is 13.8 Å². The molecule has 2 N–H and O–H groups in total. The Morgan fingerprint density at radius 3 is 2.23 bits per heavy atom. The average molecular weight is 602 g/mol. The normalized spacial score (nSPS) is 10.5. The summed E-state index contributed by atoms with van der Waals surface area (Å²) in [4.78, 5) is 33.2. The molecule has 0 aliphatic rings. The number of nitrogens with zero attached hydrogens (tertiary/aromatic N) is 2. The van der Waals surface area contributed by atoms with Gasteiger partial charge < -0.3 is 24.8 Å². The lowest BCUT2D eigenvalue weighted by Crippen LogP contribution is -2.19. The minimum Gasteiger partial charge on any atom is -0.462 e. The van der Waals surface area contributed by atoms with Gasteiger partial charge >= 0.3 is 11.9 Å². The van der Waals surface area contributed by atoms with E-state index < -0.39 is 11.9 Å². The summed E-state index contributed by atoms with van der Waals surface area (Å²) in [6, 6.07) is 15.4. The first-order chi connectivity index (χ1) is 19.3. The van der Waals surface area contributed by atoms with Gasteiger partial charge in [0.15, 0.2) is 5.57 Å². The van der Waals surface area contributed by atoms with Gasteiger partial charge in [0.1, 0.15) is 23.6 Å². The molecule has 4 rings (SSSR count). The maximum absolute atomic E-state index is 12.2. The second-order valence-corrected chi connectivity index (χ2v) is 9.27. The van der Waals surface area contributed by atoms with E-state index in [1.54, 1.807) is 68.4 Å². The smallest absolute Gasteiger partial charge is 0.347 e. The zero-order valence-electron chi connectivity index (χ0n) is 21.3. The second kappa shape index (κ2) is 13.3. The summed E-state index contributed by atoms with van der Waals surface area (Å²) in [7, 11) is 0. The number of aromatic nitrogens is 2. The molecule has 0 radical (unpaired) electrons. The van der Waals surface area contributed by atoms with Crippen LogP contribution in [-0.4, -0.2) is 35.1 Å². The van der Waals surface area contributed by atoms with E-state index in [0.29, 0.717) is 54.7 Å². The zero-order chi connectivity index (χ0) is 28.6. The molecule has 0 saturated carbocycles. The number of benzene rings is 3. The fourth-order valence-electron chi connectivity index (χ4n) is 3.49. The van der Waals surface area contributed by atoms with Crippen molar-refractivity contribution >= 4 is 74.8 Å². The Labute approximate surface area is 245 Å². The van der Waals surface area contributed by atoms with Gasteiger partial charge in [-0.1, -0.05) is 34.8 Å². The van der Waals surface area contributed by atoms with Crippen LogP contribution in [0.3, 0.4) is 0 Å². The Kier molecular flexibility index (Phi) is 9.65. The summed E-state index contributed by atoms with van der Waals surface area (Å²) in [5.74, 6) is -0.160. The van der Waals surface area contributed by atoms with Crippen molar-refractivity contribution in [1.82, 2.24) is 9.97 Å². The monoisotopic (exact) mass is 600 g/mol. The first-order valence-corrected chi connectivity index (χ1v) is 13.2. The van der Waals surface area contributed by atoms with Crippen LogP contribution in [0.15, 0.2) is 72.7 Å². The van der Waals surface area contributed by atoms with Crippen molar-refractivity contribution < 1.29 is 23.8 Å². The van der Waals surface area contributed by atoms with E-state index in [4.69, 9.17) is 49.0 Å². The number of halogens is 3. The molecule has 1 aromatic heterocycles. The Morgan fingerprint density at radius 2 is 1.55 bits per heavy atom. The predicted octanol–water partition coefficient (Wildman–Crippen LogP) is 7.55. The third-order valence-electron chi connectivity index (χ3n) is 5.32. The number of hydrogen-bond donors (Lipinski definition) is 2. The van der Waals surface area contributed by atoms with E-state index in [9.17, 15) is 9.59 Å². The molecule has 9 nitrogen and oxygen atoms in total. The minimum absolute atomic E-state index is 0.116. The van der Waals surface area contributed by atoms with Gasteiger partial charge in [0, 0.05) is 29.0 Å². The Morgan fingerprint density at radius 1 is 0.825 bits per heavy atom. The molecular weight excluding hydrogens is 579 g/mol. The van der Waals surface area contributed by atoms with Gasteiger partial charge in [-0.3, -0.25) is 0 Å². The molecule has 206 valence electrons. The minimum atomic E-state index is -0.789. The van der Waals surface area contributed by atoms with Crippen LogP contribution in [0.25, 0.3) is 10.9 Å². The molecule has 0 amide bonds. The Balaban J connectivity index is 1.56. The van der Waals surface area contributed by atoms with Crippen molar-refractivity contribution in [2.24, 2.45) is 0 Å². The van der Waals surface area contributed by atoms with Crippen LogP contribution in [0.2, 0.25) is 15.1 Å². The molecule has 0 aliphatic carbocycles. The van der Waals surface area contributed by atoms with Gasteiger partial charge in [-0.15, -0.1) is 0 Å². The second-order valence-electron chi connectivity index (χ2n) is 8.05. The lowest BCUT2D eigenvalue weighted by Gasteiger charge is -2.13. The summed E-state index contributed by atoms with van der Waals surface area (Å²) in [5.41, 5.74) is 1.62. The van der Waals surface area contributed by atoms with Crippen molar-refractivity contribution in [3.05, 3.63) is 87.8 Å². The van der Waals surface area contributed by atoms with Crippen molar-refractivity contribution in [3.63, 3.8) is 0 Å². The van der Waals surface area contributed by atoms with Gasteiger partial charge in [0.2, 0.25) is 0 Å². The fraction of sp³-hybridized carbons (Fsp3) is 0.143. The molecule has 0 bridgehead atoms. The fourth-order valence-corrected chi connectivity index (χ4v) is 3.99. The summed E-state index contributed by atoms with van der Waals surface area (Å²) in [6.45, 7) is 3.53. The van der Waals surface area contributed by atoms with E-state index in [1.807, 2.05) is 0 Å². The quantitative estimate of drug-likeness (QED) is 0.0823. The molecule has 0 saturated heterocycles. The van der Waals surface area contributed by atoms with Gasteiger partial charge in [-0.25, -0.2) is 19.6 Å². The maximum atomic E-state index is 12.2. The third-order valence-corrected chi connectivity index (χ3v) is 6.36. The highest BCUT2D eigenvalue weighted by atomic mass is 35.5. The number of anilines is 3. The van der Waals surface area contributed by atoms with Crippen LogP contribution in [0.4, 0.5) is 17.2 Å². The van der Waals surface area contributed by atoms with Crippen LogP contribution in [0.5, 0.6) is 11.5 Å². The molecular formula is C28H23Cl3N4O5. The topological polar surface area (TPSA) is 112 Å². The number of carbonyl (C=O) groups excluding carboxylic acids is 2. The molecule has 0 atom stereocenters. The number of esters is 2. The summed E-state index contributed by atoms with van der Waals surface area (Å²) in [5, 5.41) is 8.00. The van der Waals surface area contributed by atoms with Gasteiger partial charge in [-0.05, 0) is 62.4 Å². The number of carbonyl (C=O) groups is 2. The van der Waals surface area contributed by atoms with Crippen molar-refractivity contribution in [2.45, 2.75) is 13.8 Å². The van der Waals surface area contributed by atoms with E-state index in [-0.39, 0.29) is 18.8 Å². The van der Waals surface area contributed by atoms with Gasteiger partial charge in [0.05, 0.1) is 33.8 Å². The molecule has 0 fully saturated rings. The molecule has 12 heteroatoms. The van der Waals surface area contributed by atoms with Gasteiger partial charge in [-0.2, -0.15) is 0 Å². The highest BCUT2D eigenvalue weighted by molar-refractivity contribution is 6.42. The van der Waals surface area contributed by atoms with Crippen molar-refractivity contribution in [1.29, 1.82) is 0 Å². The lowest BCUT2D eigenvalue weighted by molar-refractivity contribution is -0.146. The summed E-state index contributed by atoms with van der Waals surface area (Å²) < 4.78 is 15.8. The number of hydrogen-bond acceptors (Lipinski definition) is 9. The first-order valence-electron chi connectivity index (χ1n) is 12.0. The van der Waals surface area contributed by atoms with Crippen LogP contribution in [-0.2, 0) is 19.1 Å². The van der Waals surface area contributed by atoms with E-state index in [1.165, 1.54) is 12.5 Å². The molecule has 0 spiro atoms. The summed E-state index contributed by atoms with van der Waals surface area (Å²) >= 11 is 18.5. The molecule has 0 unspecified atom stereocenters. The molecule has 0 aliphatic heterocycles. The van der Waals surface area contributed by atoms with E-state index >= 15 is 0 Å². The highest BCUT2D eigenvalue weighted by Crippen LogP contribution is 2.35. The van der Waals surface area contributed by atoms with E-state index in [2.05, 4.69) is 20.6 Å². The van der Waals surface area contributed by atoms with Crippen molar-refractivity contribution in [3.8, 4) is 11.5 Å². The Bertz CT molecular complexity index is 1580. The standard InChI is InChI=1S/C28H23Cl3N4O5/c1-3-38-27(36)20(28(37)39-4-2)14-32-16-5-9-24-19(11-16)26(34-15-33-24)35-17-6-10-25(23(31)12-17)40-18-7-8-21(29)22(30)13-18/h5-15,32H,3-4H2,1-2H3,(H,33,34,35).